The Hall–Kier alpha value is -4.34. The number of anilines is 4. The van der Waals surface area contributed by atoms with Crippen molar-refractivity contribution >= 4 is 23.4 Å². The Morgan fingerprint density at radius 3 is 1.56 bits per heavy atom. The summed E-state index contributed by atoms with van der Waals surface area (Å²) in [6.07, 6.45) is 7.17. The monoisotopic (exact) mass is 480 g/mol. The minimum Gasteiger partial charge on any atom is -0.366 e. The van der Waals surface area contributed by atoms with E-state index in [1.807, 2.05) is 30.3 Å². The molecule has 2 fully saturated rings. The Morgan fingerprint density at radius 1 is 0.500 bits per heavy atom. The van der Waals surface area contributed by atoms with Crippen molar-refractivity contribution in [3.63, 3.8) is 0 Å². The summed E-state index contributed by atoms with van der Waals surface area (Å²) in [5, 5.41) is 9.41. The quantitative estimate of drug-likeness (QED) is 0.424. The van der Waals surface area contributed by atoms with Crippen LogP contribution in [0.2, 0.25) is 0 Å². The van der Waals surface area contributed by atoms with Crippen LogP contribution in [-0.4, -0.2) is 82.5 Å². The van der Waals surface area contributed by atoms with Crippen LogP contribution in [0.25, 0.3) is 11.3 Å². The van der Waals surface area contributed by atoms with Crippen LogP contribution >= 0.6 is 0 Å². The Bertz CT molecular complexity index is 1260. The van der Waals surface area contributed by atoms with Gasteiger partial charge in [0.25, 0.3) is 0 Å². The van der Waals surface area contributed by atoms with Crippen LogP contribution in [0.4, 0.5) is 23.4 Å². The standard InChI is InChI=1S/C26H28N10/c1-2-6-21(7-3-1)24-22(33-12-16-35(17-13-33)25-27-8-4-9-28-25)20-23(31-32-24)34-14-18-36(19-15-34)26-29-10-5-11-30-26/h1-11,20H,12-19H2. The summed E-state index contributed by atoms with van der Waals surface area (Å²) < 4.78 is 0. The van der Waals surface area contributed by atoms with Gasteiger partial charge >= 0.3 is 0 Å². The third-order valence-electron chi connectivity index (χ3n) is 6.70. The third kappa shape index (κ3) is 4.61. The van der Waals surface area contributed by atoms with Gasteiger partial charge in [0.05, 0.1) is 5.69 Å². The third-order valence-corrected chi connectivity index (χ3v) is 6.70. The molecule has 10 heteroatoms. The fourth-order valence-corrected chi connectivity index (χ4v) is 4.76. The van der Waals surface area contributed by atoms with E-state index < -0.39 is 0 Å². The molecule has 0 amide bonds. The topological polar surface area (TPSA) is 90.3 Å². The molecule has 182 valence electrons. The molecule has 3 aromatic heterocycles. The van der Waals surface area contributed by atoms with E-state index in [1.165, 1.54) is 0 Å². The summed E-state index contributed by atoms with van der Waals surface area (Å²) in [5.41, 5.74) is 3.11. The van der Waals surface area contributed by atoms with E-state index in [2.05, 4.69) is 62.8 Å². The maximum absolute atomic E-state index is 4.74. The van der Waals surface area contributed by atoms with Crippen molar-refractivity contribution in [1.29, 1.82) is 0 Å². The maximum atomic E-state index is 4.74. The number of hydrogen-bond acceptors (Lipinski definition) is 10. The van der Waals surface area contributed by atoms with E-state index in [0.717, 1.165) is 87.0 Å². The fraction of sp³-hybridized carbons (Fsp3) is 0.308. The van der Waals surface area contributed by atoms with Gasteiger partial charge in [0.2, 0.25) is 11.9 Å². The fourth-order valence-electron chi connectivity index (χ4n) is 4.76. The highest BCUT2D eigenvalue weighted by Gasteiger charge is 2.25. The number of nitrogens with zero attached hydrogens (tertiary/aromatic N) is 10. The number of aromatic nitrogens is 6. The molecule has 2 aliphatic heterocycles. The first kappa shape index (κ1) is 22.1. The second kappa shape index (κ2) is 10.1. The van der Waals surface area contributed by atoms with Crippen molar-refractivity contribution in [2.75, 3.05) is 72.0 Å². The molecule has 0 spiro atoms. The summed E-state index contributed by atoms with van der Waals surface area (Å²) >= 11 is 0. The van der Waals surface area contributed by atoms with E-state index in [9.17, 15) is 0 Å². The molecule has 0 unspecified atom stereocenters. The molecule has 36 heavy (non-hydrogen) atoms. The molecule has 0 atom stereocenters. The second-order valence-corrected chi connectivity index (χ2v) is 8.85. The Labute approximate surface area is 210 Å². The van der Waals surface area contributed by atoms with Gasteiger partial charge < -0.3 is 19.6 Å². The molecule has 0 bridgehead atoms. The molecule has 5 heterocycles. The van der Waals surface area contributed by atoms with Gasteiger partial charge in [-0.25, -0.2) is 19.9 Å². The van der Waals surface area contributed by atoms with Gasteiger partial charge in [-0.15, -0.1) is 10.2 Å². The van der Waals surface area contributed by atoms with Gasteiger partial charge in [-0.1, -0.05) is 30.3 Å². The van der Waals surface area contributed by atoms with E-state index >= 15 is 0 Å². The van der Waals surface area contributed by atoms with E-state index in [1.54, 1.807) is 24.8 Å². The average Bonchev–Trinajstić information content (AvgIpc) is 2.98. The molecule has 10 nitrogen and oxygen atoms in total. The van der Waals surface area contributed by atoms with Gasteiger partial charge in [0.1, 0.15) is 5.69 Å². The van der Waals surface area contributed by atoms with Crippen LogP contribution in [0.3, 0.4) is 0 Å². The molecular weight excluding hydrogens is 452 g/mol. The van der Waals surface area contributed by atoms with E-state index in [-0.39, 0.29) is 0 Å². The summed E-state index contributed by atoms with van der Waals surface area (Å²) in [6.45, 7) is 6.81. The summed E-state index contributed by atoms with van der Waals surface area (Å²) in [6, 6.07) is 16.2. The zero-order valence-corrected chi connectivity index (χ0v) is 20.1. The minimum atomic E-state index is 0.781. The van der Waals surface area contributed by atoms with Gasteiger partial charge in [0.15, 0.2) is 5.82 Å². The van der Waals surface area contributed by atoms with Crippen molar-refractivity contribution in [2.24, 2.45) is 0 Å². The van der Waals surface area contributed by atoms with Crippen LogP contribution in [0.1, 0.15) is 0 Å². The number of piperazine rings is 2. The van der Waals surface area contributed by atoms with Crippen molar-refractivity contribution < 1.29 is 0 Å². The first-order chi connectivity index (χ1) is 17.8. The SMILES string of the molecule is c1ccc(-c2nnc(N3CCN(c4ncccn4)CC3)cc2N2CCN(c3ncccn3)CC2)cc1. The van der Waals surface area contributed by atoms with E-state index in [0.29, 0.717) is 0 Å². The van der Waals surface area contributed by atoms with Gasteiger partial charge in [-0.2, -0.15) is 0 Å². The Morgan fingerprint density at radius 2 is 1.00 bits per heavy atom. The second-order valence-electron chi connectivity index (χ2n) is 8.85. The average molecular weight is 481 g/mol. The van der Waals surface area contributed by atoms with Crippen LogP contribution in [0.5, 0.6) is 0 Å². The lowest BCUT2D eigenvalue weighted by molar-refractivity contribution is 0.627. The Balaban J connectivity index is 1.23. The van der Waals surface area contributed by atoms with Gasteiger partial charge in [-0.3, -0.25) is 0 Å². The highest BCUT2D eigenvalue weighted by molar-refractivity contribution is 5.77. The van der Waals surface area contributed by atoms with Crippen molar-refractivity contribution in [2.45, 2.75) is 0 Å². The van der Waals surface area contributed by atoms with E-state index in [4.69, 9.17) is 5.10 Å². The van der Waals surface area contributed by atoms with Crippen molar-refractivity contribution in [3.8, 4) is 11.3 Å². The molecule has 0 radical (unpaired) electrons. The lowest BCUT2D eigenvalue weighted by Gasteiger charge is -2.38. The number of hydrogen-bond donors (Lipinski definition) is 0. The first-order valence-corrected chi connectivity index (χ1v) is 12.3. The lowest BCUT2D eigenvalue weighted by atomic mass is 10.1. The molecule has 0 aliphatic carbocycles. The summed E-state index contributed by atoms with van der Waals surface area (Å²) in [4.78, 5) is 26.8. The largest absolute Gasteiger partial charge is 0.366 e. The zero-order chi connectivity index (χ0) is 24.2. The number of benzene rings is 1. The van der Waals surface area contributed by atoms with Crippen molar-refractivity contribution in [3.05, 3.63) is 73.3 Å². The predicted octanol–water partition coefficient (Wildman–Crippen LogP) is 2.38. The van der Waals surface area contributed by atoms with Crippen molar-refractivity contribution in [1.82, 2.24) is 30.1 Å². The van der Waals surface area contributed by atoms with Gasteiger partial charge in [0, 0.05) is 88.8 Å². The molecule has 0 N–H and O–H groups in total. The molecule has 6 rings (SSSR count). The highest BCUT2D eigenvalue weighted by Crippen LogP contribution is 2.32. The lowest BCUT2D eigenvalue weighted by Crippen LogP contribution is -2.48. The molecule has 0 saturated carbocycles. The molecular formula is C26H28N10. The first-order valence-electron chi connectivity index (χ1n) is 12.3. The Kier molecular flexibility index (Phi) is 6.22. The van der Waals surface area contributed by atoms with Gasteiger partial charge in [-0.05, 0) is 12.1 Å². The van der Waals surface area contributed by atoms with Crippen LogP contribution in [0, 0.1) is 0 Å². The molecule has 2 aliphatic rings. The minimum absolute atomic E-state index is 0.781. The van der Waals surface area contributed by atoms with Crippen LogP contribution in [-0.2, 0) is 0 Å². The van der Waals surface area contributed by atoms with Crippen LogP contribution < -0.4 is 19.6 Å². The number of rotatable bonds is 5. The zero-order valence-electron chi connectivity index (χ0n) is 20.1. The molecule has 2 saturated heterocycles. The molecule has 4 aromatic rings. The summed E-state index contributed by atoms with van der Waals surface area (Å²) in [5.74, 6) is 2.48. The summed E-state index contributed by atoms with van der Waals surface area (Å²) in [7, 11) is 0. The normalized spacial score (nSPS) is 16.3. The highest BCUT2D eigenvalue weighted by atomic mass is 15.4. The van der Waals surface area contributed by atoms with Crippen LogP contribution in [0.15, 0.2) is 73.3 Å². The molecule has 1 aromatic carbocycles. The predicted molar refractivity (Wildman–Crippen MR) is 140 cm³/mol. The maximum Gasteiger partial charge on any atom is 0.225 e. The smallest absolute Gasteiger partial charge is 0.225 e.